The molecule has 19 heavy (non-hydrogen) atoms. The van der Waals surface area contributed by atoms with Crippen molar-refractivity contribution in [3.63, 3.8) is 0 Å². The van der Waals surface area contributed by atoms with E-state index in [9.17, 15) is 0 Å². The van der Waals surface area contributed by atoms with Gasteiger partial charge in [0.05, 0.1) is 24.8 Å². The first kappa shape index (κ1) is 12.5. The van der Waals surface area contributed by atoms with Crippen LogP contribution in [-0.4, -0.2) is 35.8 Å². The second kappa shape index (κ2) is 5.25. The molecule has 0 amide bonds. The second-order valence-electron chi connectivity index (χ2n) is 5.40. The highest BCUT2D eigenvalue weighted by molar-refractivity contribution is 5.80. The molecule has 0 aliphatic carbocycles. The van der Waals surface area contributed by atoms with E-state index < -0.39 is 0 Å². The first-order valence-corrected chi connectivity index (χ1v) is 6.99. The molecule has 2 bridgehead atoms. The van der Waals surface area contributed by atoms with Gasteiger partial charge in [-0.15, -0.1) is 0 Å². The highest BCUT2D eigenvalue weighted by Crippen LogP contribution is 2.34. The number of ether oxygens (including phenoxy) is 1. The number of nitrogens with one attached hydrogen (secondary N) is 2. The van der Waals surface area contributed by atoms with E-state index in [0.717, 1.165) is 18.9 Å². The van der Waals surface area contributed by atoms with Crippen molar-refractivity contribution in [2.75, 3.05) is 7.05 Å². The van der Waals surface area contributed by atoms with Crippen LogP contribution in [0.5, 0.6) is 0 Å². The number of aliphatic imine (C=N–C) groups is 1. The van der Waals surface area contributed by atoms with Gasteiger partial charge >= 0.3 is 0 Å². The van der Waals surface area contributed by atoms with Gasteiger partial charge in [-0.1, -0.05) is 0 Å². The van der Waals surface area contributed by atoms with Crippen LogP contribution >= 0.6 is 0 Å². The summed E-state index contributed by atoms with van der Waals surface area (Å²) in [5, 5.41) is 6.85. The van der Waals surface area contributed by atoms with Crippen LogP contribution in [0.15, 0.2) is 23.3 Å². The molecule has 0 radical (unpaired) electrons. The number of hydrogen-bond donors (Lipinski definition) is 2. The minimum absolute atomic E-state index is 0.374. The maximum Gasteiger partial charge on any atom is 0.191 e. The van der Waals surface area contributed by atoms with Gasteiger partial charge in [0.25, 0.3) is 0 Å². The molecule has 3 heterocycles. The normalized spacial score (nSPS) is 29.8. The van der Waals surface area contributed by atoms with Gasteiger partial charge in [-0.3, -0.25) is 4.99 Å². The largest absolute Gasteiger partial charge is 0.373 e. The number of aryl methyl sites for hydroxylation is 1. The van der Waals surface area contributed by atoms with Crippen LogP contribution in [0.2, 0.25) is 0 Å². The fourth-order valence-electron chi connectivity index (χ4n) is 3.01. The average molecular weight is 262 g/mol. The van der Waals surface area contributed by atoms with Crippen molar-refractivity contribution in [3.05, 3.63) is 24.0 Å². The summed E-state index contributed by atoms with van der Waals surface area (Å²) >= 11 is 0. The molecule has 5 heteroatoms. The van der Waals surface area contributed by atoms with Crippen molar-refractivity contribution in [1.29, 1.82) is 0 Å². The SMILES string of the molecule is CN=C(NCc1cccn1C)NC1CC2CCC1O2. The fraction of sp³-hybridized carbons (Fsp3) is 0.643. The summed E-state index contributed by atoms with van der Waals surface area (Å²) in [5.74, 6) is 0.863. The lowest BCUT2D eigenvalue weighted by molar-refractivity contribution is 0.0992. The molecule has 5 nitrogen and oxygen atoms in total. The minimum atomic E-state index is 0.374. The Bertz CT molecular complexity index is 468. The molecule has 3 unspecified atom stereocenters. The molecule has 0 saturated carbocycles. The Morgan fingerprint density at radius 1 is 1.53 bits per heavy atom. The second-order valence-corrected chi connectivity index (χ2v) is 5.40. The molecule has 1 aromatic heterocycles. The molecule has 3 atom stereocenters. The molecule has 3 rings (SSSR count). The predicted octanol–water partition coefficient (Wildman–Crippen LogP) is 1.01. The van der Waals surface area contributed by atoms with E-state index in [0.29, 0.717) is 18.2 Å². The lowest BCUT2D eigenvalue weighted by Gasteiger charge is -2.22. The molecule has 2 saturated heterocycles. The van der Waals surface area contributed by atoms with E-state index in [1.165, 1.54) is 18.5 Å². The average Bonchev–Trinajstić information content (AvgIpc) is 3.11. The third-order valence-electron chi connectivity index (χ3n) is 4.14. The van der Waals surface area contributed by atoms with Gasteiger partial charge in [-0.2, -0.15) is 0 Å². The van der Waals surface area contributed by atoms with E-state index in [1.54, 1.807) is 0 Å². The van der Waals surface area contributed by atoms with E-state index in [1.807, 2.05) is 7.05 Å². The van der Waals surface area contributed by atoms with Crippen LogP contribution < -0.4 is 10.6 Å². The number of guanidine groups is 1. The standard InChI is InChI=1S/C14H22N4O/c1-15-14(16-9-10-4-3-7-18(10)2)17-12-8-11-5-6-13(12)19-11/h3-4,7,11-13H,5-6,8-9H2,1-2H3,(H2,15,16,17). The van der Waals surface area contributed by atoms with Crippen LogP contribution in [0, 0.1) is 0 Å². The number of hydrogen-bond acceptors (Lipinski definition) is 2. The summed E-state index contributed by atoms with van der Waals surface area (Å²) in [7, 11) is 3.87. The minimum Gasteiger partial charge on any atom is -0.373 e. The molecule has 2 aliphatic heterocycles. The molecule has 0 spiro atoms. The highest BCUT2D eigenvalue weighted by atomic mass is 16.5. The third-order valence-corrected chi connectivity index (χ3v) is 4.14. The van der Waals surface area contributed by atoms with Crippen LogP contribution in [-0.2, 0) is 18.3 Å². The highest BCUT2D eigenvalue weighted by Gasteiger charge is 2.41. The Kier molecular flexibility index (Phi) is 3.46. The van der Waals surface area contributed by atoms with Gasteiger partial charge in [0.15, 0.2) is 5.96 Å². The van der Waals surface area contributed by atoms with E-state index in [4.69, 9.17) is 4.74 Å². The molecule has 1 aromatic rings. The first-order chi connectivity index (χ1) is 9.26. The lowest BCUT2D eigenvalue weighted by atomic mass is 9.96. The van der Waals surface area contributed by atoms with E-state index >= 15 is 0 Å². The Balaban J connectivity index is 1.53. The van der Waals surface area contributed by atoms with Crippen molar-refractivity contribution < 1.29 is 4.74 Å². The summed E-state index contributed by atoms with van der Waals surface area (Å²) in [6.45, 7) is 0.783. The van der Waals surface area contributed by atoms with Gasteiger partial charge in [0.1, 0.15) is 0 Å². The quantitative estimate of drug-likeness (QED) is 0.631. The zero-order valence-electron chi connectivity index (χ0n) is 11.6. The molecular formula is C14H22N4O. The maximum absolute atomic E-state index is 5.85. The smallest absolute Gasteiger partial charge is 0.191 e. The summed E-state index contributed by atoms with van der Waals surface area (Å²) in [6, 6.07) is 4.58. The Hall–Kier alpha value is -1.49. The van der Waals surface area contributed by atoms with E-state index in [2.05, 4.69) is 45.6 Å². The molecule has 2 N–H and O–H groups in total. The summed E-state index contributed by atoms with van der Waals surface area (Å²) in [4.78, 5) is 4.29. The van der Waals surface area contributed by atoms with Crippen LogP contribution in [0.25, 0.3) is 0 Å². The first-order valence-electron chi connectivity index (χ1n) is 6.99. The zero-order valence-corrected chi connectivity index (χ0v) is 11.6. The van der Waals surface area contributed by atoms with Crippen LogP contribution in [0.4, 0.5) is 0 Å². The lowest BCUT2D eigenvalue weighted by Crippen LogP contribution is -2.47. The van der Waals surface area contributed by atoms with Crippen molar-refractivity contribution in [1.82, 2.24) is 15.2 Å². The monoisotopic (exact) mass is 262 g/mol. The number of rotatable bonds is 3. The molecule has 2 fully saturated rings. The van der Waals surface area contributed by atoms with Gasteiger partial charge in [-0.05, 0) is 31.4 Å². The predicted molar refractivity (Wildman–Crippen MR) is 75.0 cm³/mol. The Morgan fingerprint density at radius 3 is 3.00 bits per heavy atom. The number of aromatic nitrogens is 1. The van der Waals surface area contributed by atoms with Crippen molar-refractivity contribution in [2.24, 2.45) is 12.0 Å². The topological polar surface area (TPSA) is 50.6 Å². The van der Waals surface area contributed by atoms with Crippen molar-refractivity contribution in [2.45, 2.75) is 44.1 Å². The molecule has 0 aromatic carbocycles. The zero-order chi connectivity index (χ0) is 13.2. The summed E-state index contributed by atoms with van der Waals surface area (Å²) < 4.78 is 7.96. The van der Waals surface area contributed by atoms with Gasteiger partial charge < -0.3 is 19.9 Å². The Morgan fingerprint density at radius 2 is 2.42 bits per heavy atom. The maximum atomic E-state index is 5.85. The molecule has 104 valence electrons. The van der Waals surface area contributed by atoms with Crippen LogP contribution in [0.1, 0.15) is 25.0 Å². The fourth-order valence-corrected chi connectivity index (χ4v) is 3.01. The van der Waals surface area contributed by atoms with Gasteiger partial charge in [-0.25, -0.2) is 0 Å². The third kappa shape index (κ3) is 2.61. The number of nitrogens with zero attached hydrogens (tertiary/aromatic N) is 2. The molecule has 2 aliphatic rings. The van der Waals surface area contributed by atoms with Gasteiger partial charge in [0.2, 0.25) is 0 Å². The number of fused-ring (bicyclic) bond motifs is 2. The molecular weight excluding hydrogens is 240 g/mol. The van der Waals surface area contributed by atoms with E-state index in [-0.39, 0.29) is 0 Å². The Labute approximate surface area is 114 Å². The summed E-state index contributed by atoms with van der Waals surface area (Å²) in [6.07, 6.45) is 6.40. The van der Waals surface area contributed by atoms with Crippen molar-refractivity contribution in [3.8, 4) is 0 Å². The van der Waals surface area contributed by atoms with Gasteiger partial charge in [0, 0.05) is 26.0 Å². The van der Waals surface area contributed by atoms with Crippen molar-refractivity contribution >= 4 is 5.96 Å². The summed E-state index contributed by atoms with van der Waals surface area (Å²) in [5.41, 5.74) is 1.24. The van der Waals surface area contributed by atoms with Crippen LogP contribution in [0.3, 0.4) is 0 Å².